The lowest BCUT2D eigenvalue weighted by Gasteiger charge is -2.09. The molecule has 6 heteroatoms. The molecule has 0 spiro atoms. The summed E-state index contributed by atoms with van der Waals surface area (Å²) < 4.78 is 5.02. The van der Waals surface area contributed by atoms with Crippen molar-refractivity contribution >= 4 is 34.9 Å². The highest BCUT2D eigenvalue weighted by Gasteiger charge is 2.15. The number of ether oxygens (including phenoxy) is 1. The van der Waals surface area contributed by atoms with Crippen molar-refractivity contribution in [3.8, 4) is 0 Å². The minimum absolute atomic E-state index is 0.187. The average Bonchev–Trinajstić information content (AvgIpc) is 2.53. The van der Waals surface area contributed by atoms with Crippen LogP contribution in [0.25, 0.3) is 0 Å². The Labute approximate surface area is 138 Å². The van der Waals surface area contributed by atoms with E-state index in [0.717, 1.165) is 0 Å². The second kappa shape index (κ2) is 7.56. The largest absolute Gasteiger partial charge is 0.454 e. The van der Waals surface area contributed by atoms with Gasteiger partial charge in [-0.1, -0.05) is 23.7 Å². The number of esters is 1. The number of benzene rings is 2. The van der Waals surface area contributed by atoms with Crippen LogP contribution in [0.4, 0.5) is 5.69 Å². The van der Waals surface area contributed by atoms with E-state index in [-0.39, 0.29) is 17.3 Å². The Morgan fingerprint density at radius 3 is 2.35 bits per heavy atom. The van der Waals surface area contributed by atoms with Crippen molar-refractivity contribution in [2.75, 3.05) is 11.9 Å². The zero-order valence-electron chi connectivity index (χ0n) is 12.3. The molecule has 0 heterocycles. The molecule has 0 aliphatic carbocycles. The lowest BCUT2D eigenvalue weighted by molar-refractivity contribution is -0.114. The van der Waals surface area contributed by atoms with Gasteiger partial charge in [0.1, 0.15) is 0 Å². The van der Waals surface area contributed by atoms with Crippen LogP contribution in [-0.2, 0) is 9.53 Å². The molecule has 2 aromatic carbocycles. The zero-order chi connectivity index (χ0) is 16.8. The molecule has 23 heavy (non-hydrogen) atoms. The first-order valence-corrected chi connectivity index (χ1v) is 7.17. The number of carbonyl (C=O) groups excluding carboxylic acids is 3. The van der Waals surface area contributed by atoms with Crippen molar-refractivity contribution in [2.24, 2.45) is 0 Å². The Morgan fingerprint density at radius 2 is 1.70 bits per heavy atom. The fourth-order valence-electron chi connectivity index (χ4n) is 1.89. The predicted octanol–water partition coefficient (Wildman–Crippen LogP) is 3.34. The number of rotatable bonds is 5. The van der Waals surface area contributed by atoms with Gasteiger partial charge in [-0.25, -0.2) is 4.79 Å². The number of ketones is 1. The highest BCUT2D eigenvalue weighted by Crippen LogP contribution is 2.16. The standard InChI is InChI=1S/C17H14ClNO4/c1-11(20)19-15-5-3-2-4-14(15)17(22)23-10-16(21)12-6-8-13(18)9-7-12/h2-9H,10H2,1H3,(H,19,20). The third-order valence-electron chi connectivity index (χ3n) is 2.96. The van der Waals surface area contributed by atoms with Gasteiger partial charge in [-0.2, -0.15) is 0 Å². The Morgan fingerprint density at radius 1 is 1.04 bits per heavy atom. The van der Waals surface area contributed by atoms with Crippen molar-refractivity contribution in [1.29, 1.82) is 0 Å². The van der Waals surface area contributed by atoms with Crippen molar-refractivity contribution in [2.45, 2.75) is 6.92 Å². The van der Waals surface area contributed by atoms with Crippen molar-refractivity contribution in [1.82, 2.24) is 0 Å². The molecule has 0 bridgehead atoms. The smallest absolute Gasteiger partial charge is 0.340 e. The summed E-state index contributed by atoms with van der Waals surface area (Å²) in [5.41, 5.74) is 0.924. The molecular weight excluding hydrogens is 318 g/mol. The summed E-state index contributed by atoms with van der Waals surface area (Å²) in [5, 5.41) is 3.06. The Kier molecular flexibility index (Phi) is 5.49. The summed E-state index contributed by atoms with van der Waals surface area (Å²) in [6.45, 7) is 0.945. The number of para-hydroxylation sites is 1. The molecule has 2 rings (SSSR count). The number of nitrogens with one attached hydrogen (secondary N) is 1. The quantitative estimate of drug-likeness (QED) is 0.673. The van der Waals surface area contributed by atoms with Crippen molar-refractivity contribution in [3.63, 3.8) is 0 Å². The van der Waals surface area contributed by atoms with Crippen LogP contribution in [0, 0.1) is 0 Å². The summed E-state index contributed by atoms with van der Waals surface area (Å²) in [5.74, 6) is -1.33. The van der Waals surface area contributed by atoms with Gasteiger partial charge in [0.2, 0.25) is 5.91 Å². The molecule has 0 atom stereocenters. The monoisotopic (exact) mass is 331 g/mol. The third-order valence-corrected chi connectivity index (χ3v) is 3.21. The van der Waals surface area contributed by atoms with Crippen LogP contribution < -0.4 is 5.32 Å². The number of Topliss-reactive ketones (excluding diaryl/α,β-unsaturated/α-hetero) is 1. The molecule has 0 aliphatic rings. The molecule has 118 valence electrons. The van der Waals surface area contributed by atoms with Crippen LogP contribution >= 0.6 is 11.6 Å². The van der Waals surface area contributed by atoms with Crippen LogP contribution in [0.2, 0.25) is 5.02 Å². The van der Waals surface area contributed by atoms with Gasteiger partial charge < -0.3 is 10.1 Å². The van der Waals surface area contributed by atoms with E-state index >= 15 is 0 Å². The Bertz CT molecular complexity index is 741. The topological polar surface area (TPSA) is 72.5 Å². The minimum Gasteiger partial charge on any atom is -0.454 e. The number of hydrogen-bond donors (Lipinski definition) is 1. The van der Waals surface area contributed by atoms with Gasteiger partial charge in [-0.15, -0.1) is 0 Å². The SMILES string of the molecule is CC(=O)Nc1ccccc1C(=O)OCC(=O)c1ccc(Cl)cc1. The van der Waals surface area contributed by atoms with Crippen molar-refractivity contribution < 1.29 is 19.1 Å². The highest BCUT2D eigenvalue weighted by molar-refractivity contribution is 6.30. The van der Waals surface area contributed by atoms with Crippen LogP contribution in [0.5, 0.6) is 0 Å². The molecule has 1 N–H and O–H groups in total. The molecule has 1 amide bonds. The van der Waals surface area contributed by atoms with Gasteiger partial charge in [-0.05, 0) is 36.4 Å². The van der Waals surface area contributed by atoms with Gasteiger partial charge in [0, 0.05) is 17.5 Å². The maximum absolute atomic E-state index is 12.1. The first-order chi connectivity index (χ1) is 11.0. The van der Waals surface area contributed by atoms with E-state index in [4.69, 9.17) is 16.3 Å². The summed E-state index contributed by atoms with van der Waals surface area (Å²) in [4.78, 5) is 35.2. The van der Waals surface area contributed by atoms with E-state index in [1.165, 1.54) is 13.0 Å². The zero-order valence-corrected chi connectivity index (χ0v) is 13.1. The fourth-order valence-corrected chi connectivity index (χ4v) is 2.01. The molecule has 0 saturated carbocycles. The van der Waals surface area contributed by atoms with E-state index in [2.05, 4.69) is 5.32 Å². The normalized spacial score (nSPS) is 10.0. The van der Waals surface area contributed by atoms with Gasteiger partial charge in [-0.3, -0.25) is 9.59 Å². The van der Waals surface area contributed by atoms with Crippen LogP contribution in [0.15, 0.2) is 48.5 Å². The number of hydrogen-bond acceptors (Lipinski definition) is 4. The Hall–Kier alpha value is -2.66. The highest BCUT2D eigenvalue weighted by atomic mass is 35.5. The second-order valence-corrected chi connectivity index (χ2v) is 5.17. The molecule has 0 radical (unpaired) electrons. The lowest BCUT2D eigenvalue weighted by atomic mass is 10.1. The summed E-state index contributed by atoms with van der Waals surface area (Å²) in [6, 6.07) is 12.7. The van der Waals surface area contributed by atoms with E-state index < -0.39 is 12.6 Å². The van der Waals surface area contributed by atoms with Crippen LogP contribution in [0.3, 0.4) is 0 Å². The van der Waals surface area contributed by atoms with E-state index in [0.29, 0.717) is 16.3 Å². The molecule has 5 nitrogen and oxygen atoms in total. The molecule has 0 unspecified atom stereocenters. The van der Waals surface area contributed by atoms with E-state index in [1.54, 1.807) is 42.5 Å². The number of anilines is 1. The lowest BCUT2D eigenvalue weighted by Crippen LogP contribution is -2.16. The molecule has 0 aromatic heterocycles. The minimum atomic E-state index is -0.684. The first-order valence-electron chi connectivity index (χ1n) is 6.80. The average molecular weight is 332 g/mol. The van der Waals surface area contributed by atoms with E-state index in [9.17, 15) is 14.4 Å². The maximum Gasteiger partial charge on any atom is 0.340 e. The number of amides is 1. The van der Waals surface area contributed by atoms with Gasteiger partial charge in [0.05, 0.1) is 11.3 Å². The van der Waals surface area contributed by atoms with Crippen molar-refractivity contribution in [3.05, 3.63) is 64.7 Å². The second-order valence-electron chi connectivity index (χ2n) is 4.73. The van der Waals surface area contributed by atoms with Gasteiger partial charge in [0.15, 0.2) is 12.4 Å². The van der Waals surface area contributed by atoms with E-state index in [1.807, 2.05) is 0 Å². The molecule has 0 saturated heterocycles. The summed E-state index contributed by atoms with van der Waals surface area (Å²) in [6.07, 6.45) is 0. The number of halogens is 1. The summed E-state index contributed by atoms with van der Waals surface area (Å²) >= 11 is 5.75. The molecule has 0 fully saturated rings. The summed E-state index contributed by atoms with van der Waals surface area (Å²) in [7, 11) is 0. The van der Waals surface area contributed by atoms with Crippen LogP contribution in [-0.4, -0.2) is 24.3 Å². The maximum atomic E-state index is 12.1. The third kappa shape index (κ3) is 4.66. The molecule has 0 aliphatic heterocycles. The molecular formula is C17H14ClNO4. The molecule has 2 aromatic rings. The fraction of sp³-hybridized carbons (Fsp3) is 0.118. The van der Waals surface area contributed by atoms with Crippen LogP contribution in [0.1, 0.15) is 27.6 Å². The first kappa shape index (κ1) is 16.7. The van der Waals surface area contributed by atoms with Gasteiger partial charge in [0.25, 0.3) is 0 Å². The van der Waals surface area contributed by atoms with Gasteiger partial charge >= 0.3 is 5.97 Å². The Balaban J connectivity index is 2.03. The number of carbonyl (C=O) groups is 3. The predicted molar refractivity (Wildman–Crippen MR) is 86.8 cm³/mol.